The molecule has 0 aliphatic rings. The summed E-state index contributed by atoms with van der Waals surface area (Å²) in [6.07, 6.45) is 6.53. The third kappa shape index (κ3) is 2.85. The van der Waals surface area contributed by atoms with Crippen LogP contribution in [-0.4, -0.2) is 10.2 Å². The van der Waals surface area contributed by atoms with Crippen molar-refractivity contribution >= 4 is 5.57 Å². The molecule has 0 saturated heterocycles. The molecule has 5 nitrogen and oxygen atoms in total. The van der Waals surface area contributed by atoms with E-state index in [1.54, 1.807) is 6.92 Å². The monoisotopic (exact) mass is 221 g/mol. The molecule has 5 heteroatoms. The minimum atomic E-state index is -0.596. The summed E-state index contributed by atoms with van der Waals surface area (Å²) < 4.78 is 5.37. The summed E-state index contributed by atoms with van der Waals surface area (Å²) in [4.78, 5) is 10.3. The maximum absolute atomic E-state index is 10.3. The van der Waals surface area contributed by atoms with Crippen LogP contribution in [0.4, 0.5) is 0 Å². The van der Waals surface area contributed by atoms with Gasteiger partial charge in [0.1, 0.15) is 0 Å². The Morgan fingerprint density at radius 2 is 2.31 bits per heavy atom. The van der Waals surface area contributed by atoms with Crippen molar-refractivity contribution in [3.05, 3.63) is 34.9 Å². The van der Waals surface area contributed by atoms with E-state index in [4.69, 9.17) is 4.42 Å². The van der Waals surface area contributed by atoms with Gasteiger partial charge in [0.2, 0.25) is 11.8 Å². The minimum absolute atomic E-state index is 0.254. The quantitative estimate of drug-likeness (QED) is 0.565. The number of rotatable bonds is 5. The van der Waals surface area contributed by atoms with Crippen molar-refractivity contribution in [1.82, 2.24) is 10.2 Å². The number of nitroso groups, excluding NO2 is 1. The molecule has 0 bridgehead atoms. The molecule has 0 aliphatic carbocycles. The van der Waals surface area contributed by atoms with Gasteiger partial charge >= 0.3 is 0 Å². The van der Waals surface area contributed by atoms with Gasteiger partial charge in [-0.2, -0.15) is 0 Å². The second-order valence-corrected chi connectivity index (χ2v) is 3.30. The molecular formula is C11H15N3O2. The lowest BCUT2D eigenvalue weighted by Gasteiger charge is -1.96. The van der Waals surface area contributed by atoms with Crippen LogP contribution in [0, 0.1) is 4.91 Å². The van der Waals surface area contributed by atoms with E-state index in [0.717, 1.165) is 12.0 Å². The molecule has 0 amide bonds. The molecule has 86 valence electrons. The second kappa shape index (κ2) is 5.95. The van der Waals surface area contributed by atoms with Crippen molar-refractivity contribution in [3.63, 3.8) is 0 Å². The highest BCUT2D eigenvalue weighted by Crippen LogP contribution is 2.20. The number of allylic oxidation sites excluding steroid dienone is 4. The van der Waals surface area contributed by atoms with Crippen LogP contribution in [0.15, 0.2) is 27.8 Å². The summed E-state index contributed by atoms with van der Waals surface area (Å²) in [6, 6.07) is -0.596. The normalized spacial score (nSPS) is 14.3. The molecule has 1 atom stereocenters. The molecule has 0 saturated carbocycles. The van der Waals surface area contributed by atoms with E-state index in [2.05, 4.69) is 15.4 Å². The lowest BCUT2D eigenvalue weighted by atomic mass is 10.2. The first-order valence-corrected chi connectivity index (χ1v) is 5.21. The molecule has 1 aromatic rings. The molecule has 1 heterocycles. The van der Waals surface area contributed by atoms with E-state index in [1.807, 2.05) is 32.1 Å². The van der Waals surface area contributed by atoms with Gasteiger partial charge in [-0.3, -0.25) is 0 Å². The molecule has 0 radical (unpaired) electrons. The third-order valence-corrected chi connectivity index (χ3v) is 2.10. The number of hydrogen-bond acceptors (Lipinski definition) is 5. The Balaban J connectivity index is 2.95. The maximum atomic E-state index is 10.3. The lowest BCUT2D eigenvalue weighted by Crippen LogP contribution is -1.87. The van der Waals surface area contributed by atoms with Gasteiger partial charge in [-0.15, -0.1) is 15.1 Å². The van der Waals surface area contributed by atoms with Crippen LogP contribution < -0.4 is 0 Å². The molecule has 16 heavy (non-hydrogen) atoms. The Morgan fingerprint density at radius 1 is 1.56 bits per heavy atom. The van der Waals surface area contributed by atoms with Gasteiger partial charge in [0, 0.05) is 5.57 Å². The van der Waals surface area contributed by atoms with Crippen molar-refractivity contribution in [3.8, 4) is 0 Å². The third-order valence-electron chi connectivity index (χ3n) is 2.10. The molecule has 0 aliphatic heterocycles. The Bertz CT molecular complexity index is 407. The average Bonchev–Trinajstić information content (AvgIpc) is 2.78. The Labute approximate surface area is 94.2 Å². The van der Waals surface area contributed by atoms with Gasteiger partial charge in [0.05, 0.1) is 0 Å². The summed E-state index contributed by atoms with van der Waals surface area (Å²) in [5.74, 6) is 0.705. The zero-order valence-electron chi connectivity index (χ0n) is 9.67. The van der Waals surface area contributed by atoms with Gasteiger partial charge in [-0.25, -0.2) is 0 Å². The second-order valence-electron chi connectivity index (χ2n) is 3.30. The van der Waals surface area contributed by atoms with Crippen LogP contribution in [0.25, 0.3) is 5.57 Å². The highest BCUT2D eigenvalue weighted by molar-refractivity contribution is 5.59. The maximum Gasteiger partial charge on any atom is 0.244 e. The van der Waals surface area contributed by atoms with E-state index in [1.165, 1.54) is 0 Å². The molecular weight excluding hydrogens is 206 g/mol. The lowest BCUT2D eigenvalue weighted by molar-refractivity contribution is 0.453. The fourth-order valence-electron chi connectivity index (χ4n) is 1.13. The van der Waals surface area contributed by atoms with E-state index in [9.17, 15) is 4.91 Å². The summed E-state index contributed by atoms with van der Waals surface area (Å²) in [7, 11) is 0. The molecule has 0 spiro atoms. The first-order valence-electron chi connectivity index (χ1n) is 5.21. The first kappa shape index (κ1) is 12.3. The van der Waals surface area contributed by atoms with Crippen molar-refractivity contribution in [1.29, 1.82) is 0 Å². The summed E-state index contributed by atoms with van der Waals surface area (Å²) in [5, 5.41) is 10.5. The molecule has 1 rings (SSSR count). The SMILES string of the molecule is CC=C/C=C(\CC)c1nnc(C(C)N=O)o1. The Morgan fingerprint density at radius 3 is 2.88 bits per heavy atom. The van der Waals surface area contributed by atoms with Gasteiger partial charge in [-0.1, -0.05) is 30.3 Å². The number of nitrogens with zero attached hydrogens (tertiary/aromatic N) is 3. The average molecular weight is 221 g/mol. The predicted octanol–water partition coefficient (Wildman–Crippen LogP) is 3.27. The van der Waals surface area contributed by atoms with Crippen molar-refractivity contribution in [2.45, 2.75) is 33.2 Å². The standard InChI is InChI=1S/C11H15N3O2/c1-4-6-7-9(5-2)11-13-12-10(16-11)8(3)14-15/h4,6-8H,5H2,1-3H3/b6-4?,9-7+. The first-order chi connectivity index (χ1) is 7.72. The van der Waals surface area contributed by atoms with Gasteiger partial charge < -0.3 is 4.42 Å². The molecule has 0 fully saturated rings. The van der Waals surface area contributed by atoms with E-state index < -0.39 is 6.04 Å². The van der Waals surface area contributed by atoms with Crippen LogP contribution in [0.2, 0.25) is 0 Å². The summed E-state index contributed by atoms with van der Waals surface area (Å²) in [5.41, 5.74) is 0.940. The zero-order valence-corrected chi connectivity index (χ0v) is 9.67. The van der Waals surface area contributed by atoms with E-state index >= 15 is 0 Å². The van der Waals surface area contributed by atoms with Gasteiger partial charge in [-0.05, 0) is 20.3 Å². The minimum Gasteiger partial charge on any atom is -0.419 e. The van der Waals surface area contributed by atoms with Crippen LogP contribution in [0.3, 0.4) is 0 Å². The van der Waals surface area contributed by atoms with Crippen LogP contribution in [0.1, 0.15) is 45.0 Å². The molecule has 1 aromatic heterocycles. The Kier molecular flexibility index (Phi) is 4.57. The van der Waals surface area contributed by atoms with Gasteiger partial charge in [0.15, 0.2) is 6.04 Å². The smallest absolute Gasteiger partial charge is 0.244 e. The topological polar surface area (TPSA) is 68.3 Å². The summed E-state index contributed by atoms with van der Waals surface area (Å²) in [6.45, 7) is 5.55. The van der Waals surface area contributed by atoms with Crippen molar-refractivity contribution in [2.75, 3.05) is 0 Å². The molecule has 1 unspecified atom stereocenters. The zero-order chi connectivity index (χ0) is 12.0. The highest BCUT2D eigenvalue weighted by Gasteiger charge is 2.15. The predicted molar refractivity (Wildman–Crippen MR) is 61.6 cm³/mol. The summed E-state index contributed by atoms with van der Waals surface area (Å²) >= 11 is 0. The largest absolute Gasteiger partial charge is 0.419 e. The van der Waals surface area contributed by atoms with E-state index in [0.29, 0.717) is 5.89 Å². The fraction of sp³-hybridized carbons (Fsp3) is 0.455. The molecule has 0 N–H and O–H groups in total. The Hall–Kier alpha value is -1.78. The highest BCUT2D eigenvalue weighted by atomic mass is 16.4. The van der Waals surface area contributed by atoms with Gasteiger partial charge in [0.25, 0.3) is 0 Å². The molecule has 0 aromatic carbocycles. The number of hydrogen-bond donors (Lipinski definition) is 0. The van der Waals surface area contributed by atoms with Crippen molar-refractivity contribution < 1.29 is 4.42 Å². The van der Waals surface area contributed by atoms with Crippen LogP contribution in [0.5, 0.6) is 0 Å². The number of aromatic nitrogens is 2. The van der Waals surface area contributed by atoms with Crippen molar-refractivity contribution in [2.24, 2.45) is 5.18 Å². The fourth-order valence-corrected chi connectivity index (χ4v) is 1.13. The van der Waals surface area contributed by atoms with E-state index in [-0.39, 0.29) is 5.89 Å². The van der Waals surface area contributed by atoms with Crippen LogP contribution >= 0.6 is 0 Å². The van der Waals surface area contributed by atoms with Crippen LogP contribution in [-0.2, 0) is 0 Å².